The summed E-state index contributed by atoms with van der Waals surface area (Å²) in [7, 11) is 1.74. The smallest absolute Gasteiger partial charge is 0.340 e. The van der Waals surface area contributed by atoms with Crippen LogP contribution in [-0.4, -0.2) is 54.0 Å². The van der Waals surface area contributed by atoms with Gasteiger partial charge in [-0.1, -0.05) is 57.2 Å². The Labute approximate surface area is 204 Å². The number of halogens is 3. The number of urea groups is 1. The number of hydrogen-bond donors (Lipinski definition) is 2. The molecule has 2 aromatic rings. The average molecular weight is 491 g/mol. The first-order valence-corrected chi connectivity index (χ1v) is 11.6. The van der Waals surface area contributed by atoms with Gasteiger partial charge >= 0.3 is 12.2 Å². The number of alkyl halides is 3. The fourth-order valence-corrected chi connectivity index (χ4v) is 4.22. The number of likely N-dealkylation sites (tertiary alicyclic amines) is 1. The van der Waals surface area contributed by atoms with Crippen molar-refractivity contribution in [2.75, 3.05) is 25.5 Å². The third-order valence-corrected chi connectivity index (χ3v) is 6.23. The van der Waals surface area contributed by atoms with Gasteiger partial charge in [0.2, 0.25) is 5.91 Å². The highest BCUT2D eigenvalue weighted by Gasteiger charge is 2.38. The summed E-state index contributed by atoms with van der Waals surface area (Å²) in [6, 6.07) is 12.9. The van der Waals surface area contributed by atoms with E-state index in [-0.39, 0.29) is 17.6 Å². The Morgan fingerprint density at radius 3 is 2.40 bits per heavy atom. The Kier molecular flexibility index (Phi) is 8.10. The predicted molar refractivity (Wildman–Crippen MR) is 130 cm³/mol. The van der Waals surface area contributed by atoms with Crippen molar-refractivity contribution in [2.45, 2.75) is 52.0 Å². The summed E-state index contributed by atoms with van der Waals surface area (Å²) in [6.07, 6.45) is -3.70. The van der Waals surface area contributed by atoms with Crippen molar-refractivity contribution in [3.05, 3.63) is 65.7 Å². The van der Waals surface area contributed by atoms with Gasteiger partial charge in [0.1, 0.15) is 6.04 Å². The molecule has 0 radical (unpaired) electrons. The third-order valence-electron chi connectivity index (χ3n) is 6.23. The zero-order valence-corrected chi connectivity index (χ0v) is 20.5. The Balaban J connectivity index is 1.63. The standard InChI is InChI=1S/C26H33F3N4O2/c1-25(2,3)22(31-24(35)30-20-12-8-11-19(15-20)26(27,28)29)23(34)32(4)21-13-14-33(17-21)16-18-9-6-5-7-10-18/h5-12,15,21-22H,13-14,16-17H2,1-4H3,(H2,30,31,35)/t21-,22+/m0/s1. The SMILES string of the molecule is CN(C(=O)[C@@H](NC(=O)Nc1cccc(C(F)(F)F)c1)C(C)(C)C)[C@H]1CCN(Cc2ccccc2)C1. The lowest BCUT2D eigenvalue weighted by Crippen LogP contribution is -2.56. The second kappa shape index (κ2) is 10.7. The maximum Gasteiger partial charge on any atom is 0.416 e. The first-order chi connectivity index (χ1) is 16.3. The van der Waals surface area contributed by atoms with Gasteiger partial charge in [0.25, 0.3) is 0 Å². The molecule has 190 valence electrons. The van der Waals surface area contributed by atoms with Gasteiger partial charge in [0.05, 0.1) is 5.56 Å². The molecule has 0 unspecified atom stereocenters. The minimum Gasteiger partial charge on any atom is -0.340 e. The van der Waals surface area contributed by atoms with Crippen LogP contribution in [0.25, 0.3) is 0 Å². The maximum atomic E-state index is 13.4. The van der Waals surface area contributed by atoms with Crippen LogP contribution in [0.5, 0.6) is 0 Å². The number of amides is 3. The Hall–Kier alpha value is -3.07. The molecule has 35 heavy (non-hydrogen) atoms. The number of anilines is 1. The number of nitrogens with one attached hydrogen (secondary N) is 2. The van der Waals surface area contributed by atoms with Crippen LogP contribution in [0.4, 0.5) is 23.7 Å². The van der Waals surface area contributed by atoms with Crippen molar-refractivity contribution in [2.24, 2.45) is 5.41 Å². The van der Waals surface area contributed by atoms with Crippen molar-refractivity contribution >= 4 is 17.6 Å². The van der Waals surface area contributed by atoms with E-state index in [9.17, 15) is 22.8 Å². The zero-order valence-electron chi connectivity index (χ0n) is 20.5. The number of carbonyl (C=O) groups is 2. The number of rotatable bonds is 6. The molecule has 3 amide bonds. The molecule has 0 spiro atoms. The van der Waals surface area contributed by atoms with Gasteiger partial charge in [0.15, 0.2) is 0 Å². The van der Waals surface area contributed by atoms with E-state index >= 15 is 0 Å². The van der Waals surface area contributed by atoms with Gasteiger partial charge in [-0.05, 0) is 35.6 Å². The molecule has 1 fully saturated rings. The van der Waals surface area contributed by atoms with E-state index in [4.69, 9.17) is 0 Å². The minimum atomic E-state index is -4.52. The first kappa shape index (κ1) is 26.5. The van der Waals surface area contributed by atoms with E-state index in [1.807, 2.05) is 39.0 Å². The molecule has 1 saturated heterocycles. The lowest BCUT2D eigenvalue weighted by molar-refractivity contribution is -0.137. The second-order valence-electron chi connectivity index (χ2n) is 10.1. The maximum absolute atomic E-state index is 13.4. The fraction of sp³-hybridized carbons (Fsp3) is 0.462. The van der Waals surface area contributed by atoms with E-state index in [0.717, 1.165) is 38.2 Å². The fourth-order valence-electron chi connectivity index (χ4n) is 4.22. The number of likely N-dealkylation sites (N-methyl/N-ethyl adjacent to an activating group) is 1. The normalized spacial score (nSPS) is 17.6. The van der Waals surface area contributed by atoms with Crippen molar-refractivity contribution in [3.63, 3.8) is 0 Å². The van der Waals surface area contributed by atoms with Crippen LogP contribution in [0, 0.1) is 5.41 Å². The lowest BCUT2D eigenvalue weighted by Gasteiger charge is -2.35. The van der Waals surface area contributed by atoms with E-state index in [1.54, 1.807) is 11.9 Å². The molecule has 2 aromatic carbocycles. The molecular weight excluding hydrogens is 457 g/mol. The molecule has 0 bridgehead atoms. The Morgan fingerprint density at radius 2 is 1.77 bits per heavy atom. The molecule has 6 nitrogen and oxygen atoms in total. The molecule has 0 aliphatic carbocycles. The van der Waals surface area contributed by atoms with Crippen LogP contribution in [0.1, 0.15) is 38.3 Å². The van der Waals surface area contributed by atoms with Gasteiger partial charge < -0.3 is 15.5 Å². The zero-order chi connectivity index (χ0) is 25.8. The summed E-state index contributed by atoms with van der Waals surface area (Å²) in [5, 5.41) is 5.11. The second-order valence-corrected chi connectivity index (χ2v) is 10.1. The van der Waals surface area contributed by atoms with Crippen molar-refractivity contribution in [1.29, 1.82) is 0 Å². The van der Waals surface area contributed by atoms with Crippen LogP contribution in [0.15, 0.2) is 54.6 Å². The Bertz CT molecular complexity index is 1020. The molecule has 1 aliphatic heterocycles. The average Bonchev–Trinajstić information content (AvgIpc) is 3.24. The number of carbonyl (C=O) groups excluding carboxylic acids is 2. The van der Waals surface area contributed by atoms with Crippen LogP contribution in [-0.2, 0) is 17.5 Å². The molecule has 9 heteroatoms. The summed E-state index contributed by atoms with van der Waals surface area (Å²) in [5.74, 6) is -0.233. The topological polar surface area (TPSA) is 64.7 Å². The van der Waals surface area contributed by atoms with E-state index in [1.165, 1.54) is 17.7 Å². The molecule has 3 rings (SSSR count). The Morgan fingerprint density at radius 1 is 1.09 bits per heavy atom. The first-order valence-electron chi connectivity index (χ1n) is 11.6. The molecular formula is C26H33F3N4O2. The van der Waals surface area contributed by atoms with E-state index in [0.29, 0.717) is 0 Å². The quantitative estimate of drug-likeness (QED) is 0.601. The lowest BCUT2D eigenvalue weighted by atomic mass is 9.85. The summed E-state index contributed by atoms with van der Waals surface area (Å²) < 4.78 is 38.9. The largest absolute Gasteiger partial charge is 0.416 e. The number of nitrogens with zero attached hydrogens (tertiary/aromatic N) is 2. The highest BCUT2D eigenvalue weighted by molar-refractivity contribution is 5.94. The molecule has 2 N–H and O–H groups in total. The van der Waals surface area contributed by atoms with Gasteiger partial charge in [-0.25, -0.2) is 4.79 Å². The summed E-state index contributed by atoms with van der Waals surface area (Å²) >= 11 is 0. The van der Waals surface area contributed by atoms with Crippen molar-refractivity contribution in [1.82, 2.24) is 15.1 Å². The molecule has 0 saturated carbocycles. The summed E-state index contributed by atoms with van der Waals surface area (Å²) in [5.41, 5.74) is -0.265. The van der Waals surface area contributed by atoms with Gasteiger partial charge in [-0.3, -0.25) is 9.69 Å². The van der Waals surface area contributed by atoms with Crippen molar-refractivity contribution in [3.8, 4) is 0 Å². The molecule has 1 heterocycles. The van der Waals surface area contributed by atoms with Crippen LogP contribution < -0.4 is 10.6 Å². The third kappa shape index (κ3) is 7.21. The van der Waals surface area contributed by atoms with E-state index in [2.05, 4.69) is 27.7 Å². The summed E-state index contributed by atoms with van der Waals surface area (Å²) in [6.45, 7) is 7.91. The number of benzene rings is 2. The van der Waals surface area contributed by atoms with Crippen LogP contribution in [0.2, 0.25) is 0 Å². The van der Waals surface area contributed by atoms with Gasteiger partial charge in [-0.2, -0.15) is 13.2 Å². The van der Waals surface area contributed by atoms with E-state index < -0.39 is 29.2 Å². The highest BCUT2D eigenvalue weighted by Crippen LogP contribution is 2.31. The monoisotopic (exact) mass is 490 g/mol. The van der Waals surface area contributed by atoms with Crippen LogP contribution >= 0.6 is 0 Å². The summed E-state index contributed by atoms with van der Waals surface area (Å²) in [4.78, 5) is 30.1. The van der Waals surface area contributed by atoms with Crippen LogP contribution in [0.3, 0.4) is 0 Å². The molecule has 1 aliphatic rings. The minimum absolute atomic E-state index is 0.00173. The van der Waals surface area contributed by atoms with Crippen molar-refractivity contribution < 1.29 is 22.8 Å². The van der Waals surface area contributed by atoms with Gasteiger partial charge in [-0.15, -0.1) is 0 Å². The molecule has 2 atom stereocenters. The number of hydrogen-bond acceptors (Lipinski definition) is 3. The highest BCUT2D eigenvalue weighted by atomic mass is 19.4. The molecule has 0 aromatic heterocycles. The predicted octanol–water partition coefficient (Wildman–Crippen LogP) is 4.97. The van der Waals surface area contributed by atoms with Gasteiger partial charge in [0, 0.05) is 38.4 Å².